The van der Waals surface area contributed by atoms with Crippen molar-refractivity contribution in [3.8, 4) is 0 Å². The van der Waals surface area contributed by atoms with Gasteiger partial charge in [0.15, 0.2) is 0 Å². The molecule has 0 bridgehead atoms. The Labute approximate surface area is 147 Å². The molecule has 2 fully saturated rings. The minimum Gasteiger partial charge on any atom is -0.379 e. The summed E-state index contributed by atoms with van der Waals surface area (Å²) in [5.41, 5.74) is 0.959. The average Bonchev–Trinajstić information content (AvgIpc) is 3.04. The van der Waals surface area contributed by atoms with Crippen LogP contribution in [-0.2, 0) is 19.6 Å². The molecule has 0 radical (unpaired) electrons. The lowest BCUT2D eigenvalue weighted by molar-refractivity contribution is -0.110. The van der Waals surface area contributed by atoms with Crippen LogP contribution in [0, 0.1) is 0 Å². The first kappa shape index (κ1) is 16.9. The van der Waals surface area contributed by atoms with E-state index in [1.165, 1.54) is 4.31 Å². The highest BCUT2D eigenvalue weighted by molar-refractivity contribution is 7.89. The van der Waals surface area contributed by atoms with Gasteiger partial charge in [0.25, 0.3) is 0 Å². The molecule has 0 aromatic heterocycles. The van der Waals surface area contributed by atoms with Crippen molar-refractivity contribution >= 4 is 20.8 Å². The van der Waals surface area contributed by atoms with E-state index in [0.29, 0.717) is 26.3 Å². The average molecular weight is 362 g/mol. The minimum absolute atomic E-state index is 0.174. The van der Waals surface area contributed by atoms with E-state index in [1.54, 1.807) is 12.1 Å². The molecule has 2 aliphatic heterocycles. The van der Waals surface area contributed by atoms with Crippen LogP contribution in [0.4, 0.5) is 0 Å². The van der Waals surface area contributed by atoms with Crippen LogP contribution in [0.1, 0.15) is 11.6 Å². The van der Waals surface area contributed by atoms with Crippen LogP contribution in [0.15, 0.2) is 42.5 Å². The van der Waals surface area contributed by atoms with Crippen LogP contribution in [0.3, 0.4) is 0 Å². The molecular weight excluding hydrogens is 340 g/mol. The van der Waals surface area contributed by atoms with Crippen molar-refractivity contribution < 1.29 is 18.0 Å². The van der Waals surface area contributed by atoms with Gasteiger partial charge in [-0.05, 0) is 22.4 Å². The zero-order valence-electron chi connectivity index (χ0n) is 14.2. The number of benzene rings is 2. The van der Waals surface area contributed by atoms with Gasteiger partial charge < -0.3 is 4.74 Å². The van der Waals surface area contributed by atoms with E-state index in [2.05, 4.69) is 12.1 Å². The minimum atomic E-state index is -3.46. The molecule has 0 N–H and O–H groups in total. The number of hydrogen-bond donors (Lipinski definition) is 0. The molecule has 0 aliphatic carbocycles. The van der Waals surface area contributed by atoms with Gasteiger partial charge in [-0.1, -0.05) is 36.4 Å². The van der Waals surface area contributed by atoms with Gasteiger partial charge in [0.1, 0.15) is 5.25 Å². The Kier molecular flexibility index (Phi) is 4.51. The van der Waals surface area contributed by atoms with Gasteiger partial charge in [-0.15, -0.1) is 0 Å². The standard InChI is InChI=1S/C18H22N2O4S/c1-19-18(16-7-6-14-4-2-3-5-15(14)12-16)17(13-24-19)25(21,22)20-8-10-23-11-9-20/h2-7,12,17-18H,8-11,13H2,1H3. The zero-order valence-corrected chi connectivity index (χ0v) is 15.0. The fourth-order valence-corrected chi connectivity index (χ4v) is 5.58. The predicted octanol–water partition coefficient (Wildman–Crippen LogP) is 1.79. The smallest absolute Gasteiger partial charge is 0.221 e. The third-order valence-corrected chi connectivity index (χ3v) is 7.26. The second kappa shape index (κ2) is 6.66. The molecular formula is C18H22N2O4S. The number of sulfonamides is 1. The van der Waals surface area contributed by atoms with Gasteiger partial charge in [-0.3, -0.25) is 4.84 Å². The monoisotopic (exact) mass is 362 g/mol. The van der Waals surface area contributed by atoms with E-state index in [1.807, 2.05) is 30.3 Å². The molecule has 2 heterocycles. The van der Waals surface area contributed by atoms with E-state index < -0.39 is 15.3 Å². The van der Waals surface area contributed by atoms with Crippen LogP contribution >= 0.6 is 0 Å². The van der Waals surface area contributed by atoms with Crippen molar-refractivity contribution in [2.45, 2.75) is 11.3 Å². The summed E-state index contributed by atoms with van der Waals surface area (Å²) in [7, 11) is -1.66. The Bertz CT molecular complexity index is 864. The van der Waals surface area contributed by atoms with E-state index >= 15 is 0 Å². The quantitative estimate of drug-likeness (QED) is 0.833. The lowest BCUT2D eigenvalue weighted by Gasteiger charge is -2.31. The fraction of sp³-hybridized carbons (Fsp3) is 0.444. The number of rotatable bonds is 3. The van der Waals surface area contributed by atoms with Crippen molar-refractivity contribution in [3.63, 3.8) is 0 Å². The zero-order chi connectivity index (χ0) is 17.4. The first-order valence-corrected chi connectivity index (χ1v) is 9.99. The lowest BCUT2D eigenvalue weighted by Crippen LogP contribution is -2.47. The van der Waals surface area contributed by atoms with E-state index in [0.717, 1.165) is 16.3 Å². The Morgan fingerprint density at radius 2 is 1.76 bits per heavy atom. The summed E-state index contributed by atoms with van der Waals surface area (Å²) in [6, 6.07) is 13.9. The van der Waals surface area contributed by atoms with Crippen molar-refractivity contribution in [3.05, 3.63) is 48.0 Å². The SMILES string of the molecule is CN1OCC(S(=O)(=O)N2CCOCC2)C1c1ccc2ccccc2c1. The Hall–Kier alpha value is -1.51. The maximum absolute atomic E-state index is 13.1. The summed E-state index contributed by atoms with van der Waals surface area (Å²) in [4.78, 5) is 5.62. The van der Waals surface area contributed by atoms with Crippen molar-refractivity contribution in [1.29, 1.82) is 0 Å². The molecule has 2 saturated heterocycles. The number of hydroxylamine groups is 2. The van der Waals surface area contributed by atoms with Gasteiger partial charge in [0.2, 0.25) is 10.0 Å². The molecule has 0 saturated carbocycles. The number of morpholine rings is 1. The van der Waals surface area contributed by atoms with Crippen molar-refractivity contribution in [2.24, 2.45) is 0 Å². The molecule has 2 unspecified atom stereocenters. The largest absolute Gasteiger partial charge is 0.379 e. The third-order valence-electron chi connectivity index (χ3n) is 5.01. The molecule has 25 heavy (non-hydrogen) atoms. The van der Waals surface area contributed by atoms with Gasteiger partial charge >= 0.3 is 0 Å². The van der Waals surface area contributed by atoms with Crippen LogP contribution in [-0.4, -0.2) is 63.0 Å². The normalized spacial score (nSPS) is 26.3. The second-order valence-electron chi connectivity index (χ2n) is 6.49. The number of hydrogen-bond acceptors (Lipinski definition) is 5. The molecule has 2 aliphatic rings. The first-order chi connectivity index (χ1) is 12.1. The number of ether oxygens (including phenoxy) is 1. The molecule has 0 amide bonds. The van der Waals surface area contributed by atoms with E-state index in [9.17, 15) is 8.42 Å². The van der Waals surface area contributed by atoms with E-state index in [-0.39, 0.29) is 12.6 Å². The molecule has 7 heteroatoms. The summed E-state index contributed by atoms with van der Waals surface area (Å²) in [6.45, 7) is 1.89. The van der Waals surface area contributed by atoms with Gasteiger partial charge in [0.05, 0.1) is 25.9 Å². The van der Waals surface area contributed by atoms with Crippen molar-refractivity contribution in [1.82, 2.24) is 9.37 Å². The Morgan fingerprint density at radius 1 is 1.04 bits per heavy atom. The fourth-order valence-electron chi connectivity index (χ4n) is 3.65. The molecule has 134 valence electrons. The summed E-state index contributed by atoms with van der Waals surface area (Å²) in [5.74, 6) is 0. The summed E-state index contributed by atoms with van der Waals surface area (Å²) in [6.07, 6.45) is 0. The Balaban J connectivity index is 1.70. The number of fused-ring (bicyclic) bond motifs is 1. The third kappa shape index (κ3) is 3.07. The summed E-state index contributed by atoms with van der Waals surface area (Å²) < 4.78 is 33.1. The van der Waals surface area contributed by atoms with Gasteiger partial charge in [-0.25, -0.2) is 8.42 Å². The van der Waals surface area contributed by atoms with Crippen LogP contribution in [0.2, 0.25) is 0 Å². The van der Waals surface area contributed by atoms with Crippen molar-refractivity contribution in [2.75, 3.05) is 40.0 Å². The maximum atomic E-state index is 13.1. The predicted molar refractivity (Wildman–Crippen MR) is 95.5 cm³/mol. The molecule has 2 aromatic rings. The first-order valence-electron chi connectivity index (χ1n) is 8.48. The second-order valence-corrected chi connectivity index (χ2v) is 8.64. The van der Waals surface area contributed by atoms with Gasteiger partial charge in [-0.2, -0.15) is 9.37 Å². The van der Waals surface area contributed by atoms with E-state index in [4.69, 9.17) is 9.57 Å². The van der Waals surface area contributed by atoms with Crippen LogP contribution < -0.4 is 0 Å². The molecule has 2 atom stereocenters. The number of nitrogens with zero attached hydrogens (tertiary/aromatic N) is 2. The highest BCUT2D eigenvalue weighted by atomic mass is 32.2. The highest BCUT2D eigenvalue weighted by Gasteiger charge is 2.46. The van der Waals surface area contributed by atoms with Crippen LogP contribution in [0.5, 0.6) is 0 Å². The Morgan fingerprint density at radius 3 is 2.52 bits per heavy atom. The summed E-state index contributed by atoms with van der Waals surface area (Å²) >= 11 is 0. The highest BCUT2D eigenvalue weighted by Crippen LogP contribution is 2.36. The van der Waals surface area contributed by atoms with Gasteiger partial charge in [0, 0.05) is 20.1 Å². The molecule has 0 spiro atoms. The molecule has 4 rings (SSSR count). The maximum Gasteiger partial charge on any atom is 0.221 e. The molecule has 2 aromatic carbocycles. The topological polar surface area (TPSA) is 59.1 Å². The molecule has 6 nitrogen and oxygen atoms in total. The summed E-state index contributed by atoms with van der Waals surface area (Å²) in [5, 5.41) is 3.30. The van der Waals surface area contributed by atoms with Crippen LogP contribution in [0.25, 0.3) is 10.8 Å². The lowest BCUT2D eigenvalue weighted by atomic mass is 10.0.